The van der Waals surface area contributed by atoms with Gasteiger partial charge in [-0.3, -0.25) is 4.79 Å². The maximum absolute atomic E-state index is 11.8. The van der Waals surface area contributed by atoms with Crippen LogP contribution >= 0.6 is 0 Å². The zero-order chi connectivity index (χ0) is 14.2. The molecule has 1 amide bonds. The molecule has 0 aromatic heterocycles. The third kappa shape index (κ3) is 4.24. The number of carbonyl (C=O) groups is 1. The van der Waals surface area contributed by atoms with Gasteiger partial charge in [-0.2, -0.15) is 0 Å². The van der Waals surface area contributed by atoms with E-state index in [0.717, 1.165) is 11.3 Å². The molecule has 1 fully saturated rings. The molecule has 0 N–H and O–H groups in total. The third-order valence-electron chi connectivity index (χ3n) is 3.08. The number of nitrogens with zero attached hydrogens (tertiary/aromatic N) is 1. The SMILES string of the molecule is COc1ccc(C=CC=CC(=O)N2CCOCC2)cc1. The summed E-state index contributed by atoms with van der Waals surface area (Å²) in [4.78, 5) is 13.6. The van der Waals surface area contributed by atoms with Crippen LogP contribution in [0.1, 0.15) is 5.56 Å². The van der Waals surface area contributed by atoms with E-state index in [0.29, 0.717) is 26.3 Å². The monoisotopic (exact) mass is 273 g/mol. The van der Waals surface area contributed by atoms with Crippen molar-refractivity contribution in [2.24, 2.45) is 0 Å². The second kappa shape index (κ2) is 7.50. The Hall–Kier alpha value is -2.07. The standard InChI is InChI=1S/C16H19NO3/c1-19-15-8-6-14(7-9-15)4-2-3-5-16(18)17-10-12-20-13-11-17/h2-9H,10-13H2,1H3. The molecule has 1 heterocycles. The molecule has 1 aliphatic heterocycles. The molecule has 1 saturated heterocycles. The van der Waals surface area contributed by atoms with E-state index >= 15 is 0 Å². The first-order valence-corrected chi connectivity index (χ1v) is 6.65. The van der Waals surface area contributed by atoms with E-state index in [1.807, 2.05) is 36.4 Å². The van der Waals surface area contributed by atoms with Crippen LogP contribution in [0.3, 0.4) is 0 Å². The van der Waals surface area contributed by atoms with E-state index in [2.05, 4.69) is 0 Å². The summed E-state index contributed by atoms with van der Waals surface area (Å²) < 4.78 is 10.3. The van der Waals surface area contributed by atoms with Crippen molar-refractivity contribution in [2.75, 3.05) is 33.4 Å². The Balaban J connectivity index is 1.84. The molecular formula is C16H19NO3. The largest absolute Gasteiger partial charge is 0.497 e. The topological polar surface area (TPSA) is 38.8 Å². The molecule has 0 spiro atoms. The second-order valence-corrected chi connectivity index (χ2v) is 4.43. The lowest BCUT2D eigenvalue weighted by Crippen LogP contribution is -2.39. The highest BCUT2D eigenvalue weighted by molar-refractivity contribution is 5.88. The van der Waals surface area contributed by atoms with E-state index in [9.17, 15) is 4.79 Å². The van der Waals surface area contributed by atoms with Gasteiger partial charge in [0.05, 0.1) is 20.3 Å². The average Bonchev–Trinajstić information content (AvgIpc) is 2.53. The van der Waals surface area contributed by atoms with Gasteiger partial charge in [0, 0.05) is 19.2 Å². The molecular weight excluding hydrogens is 254 g/mol. The van der Waals surface area contributed by atoms with Crippen molar-refractivity contribution in [1.82, 2.24) is 4.90 Å². The molecule has 0 radical (unpaired) electrons. The van der Waals surface area contributed by atoms with Crippen molar-refractivity contribution < 1.29 is 14.3 Å². The summed E-state index contributed by atoms with van der Waals surface area (Å²) in [5.41, 5.74) is 1.06. The van der Waals surface area contributed by atoms with Gasteiger partial charge in [0.15, 0.2) is 0 Å². The van der Waals surface area contributed by atoms with Gasteiger partial charge in [-0.25, -0.2) is 0 Å². The summed E-state index contributed by atoms with van der Waals surface area (Å²) in [6.07, 6.45) is 7.16. The van der Waals surface area contributed by atoms with Crippen molar-refractivity contribution in [3.63, 3.8) is 0 Å². The molecule has 1 aliphatic rings. The summed E-state index contributed by atoms with van der Waals surface area (Å²) in [7, 11) is 1.64. The fraction of sp³-hybridized carbons (Fsp3) is 0.312. The highest BCUT2D eigenvalue weighted by Gasteiger charge is 2.13. The maximum atomic E-state index is 11.8. The number of morpholine rings is 1. The summed E-state index contributed by atoms with van der Waals surface area (Å²) in [5.74, 6) is 0.868. The van der Waals surface area contributed by atoms with Gasteiger partial charge in [0.1, 0.15) is 5.75 Å². The molecule has 0 bridgehead atoms. The normalized spacial score (nSPS) is 15.9. The van der Waals surface area contributed by atoms with Crippen LogP contribution in [0.5, 0.6) is 5.75 Å². The minimum absolute atomic E-state index is 0.0349. The van der Waals surface area contributed by atoms with Crippen molar-refractivity contribution in [1.29, 1.82) is 0 Å². The van der Waals surface area contributed by atoms with E-state index in [4.69, 9.17) is 9.47 Å². The van der Waals surface area contributed by atoms with Crippen LogP contribution < -0.4 is 4.74 Å². The van der Waals surface area contributed by atoms with Crippen molar-refractivity contribution >= 4 is 12.0 Å². The van der Waals surface area contributed by atoms with Gasteiger partial charge < -0.3 is 14.4 Å². The Labute approximate surface area is 119 Å². The highest BCUT2D eigenvalue weighted by Crippen LogP contribution is 2.12. The van der Waals surface area contributed by atoms with Crippen LogP contribution in [0.4, 0.5) is 0 Å². The Morgan fingerprint density at radius 2 is 1.90 bits per heavy atom. The number of rotatable bonds is 4. The predicted molar refractivity (Wildman–Crippen MR) is 78.6 cm³/mol. The number of allylic oxidation sites excluding steroid dienone is 2. The molecule has 106 valence electrons. The lowest BCUT2D eigenvalue weighted by molar-refractivity contribution is -0.129. The van der Waals surface area contributed by atoms with Crippen LogP contribution in [-0.2, 0) is 9.53 Å². The number of benzene rings is 1. The summed E-state index contributed by atoms with van der Waals surface area (Å²) in [6.45, 7) is 2.60. The van der Waals surface area contributed by atoms with Gasteiger partial charge >= 0.3 is 0 Å². The lowest BCUT2D eigenvalue weighted by Gasteiger charge is -2.25. The minimum atomic E-state index is 0.0349. The van der Waals surface area contributed by atoms with Gasteiger partial charge in [0.2, 0.25) is 5.91 Å². The van der Waals surface area contributed by atoms with E-state index in [1.54, 1.807) is 24.2 Å². The van der Waals surface area contributed by atoms with Crippen molar-refractivity contribution in [3.05, 3.63) is 48.1 Å². The molecule has 0 aliphatic carbocycles. The van der Waals surface area contributed by atoms with Gasteiger partial charge in [-0.1, -0.05) is 30.4 Å². The molecule has 0 saturated carbocycles. The second-order valence-electron chi connectivity index (χ2n) is 4.43. The van der Waals surface area contributed by atoms with E-state index in [-0.39, 0.29) is 5.91 Å². The average molecular weight is 273 g/mol. The zero-order valence-electron chi connectivity index (χ0n) is 11.6. The number of amides is 1. The lowest BCUT2D eigenvalue weighted by atomic mass is 10.2. The molecule has 4 heteroatoms. The van der Waals surface area contributed by atoms with Crippen LogP contribution in [0.15, 0.2) is 42.5 Å². The molecule has 0 atom stereocenters. The number of hydrogen-bond donors (Lipinski definition) is 0. The molecule has 20 heavy (non-hydrogen) atoms. The molecule has 4 nitrogen and oxygen atoms in total. The molecule has 1 aromatic carbocycles. The fourth-order valence-corrected chi connectivity index (χ4v) is 1.91. The van der Waals surface area contributed by atoms with Crippen molar-refractivity contribution in [3.8, 4) is 5.75 Å². The van der Waals surface area contributed by atoms with E-state index < -0.39 is 0 Å². The zero-order valence-corrected chi connectivity index (χ0v) is 11.6. The summed E-state index contributed by atoms with van der Waals surface area (Å²) in [6, 6.07) is 7.74. The molecule has 2 rings (SSSR count). The maximum Gasteiger partial charge on any atom is 0.246 e. The first-order valence-electron chi connectivity index (χ1n) is 6.65. The quantitative estimate of drug-likeness (QED) is 0.623. The van der Waals surface area contributed by atoms with Gasteiger partial charge in [-0.15, -0.1) is 0 Å². The van der Waals surface area contributed by atoms with Crippen LogP contribution in [-0.4, -0.2) is 44.2 Å². The highest BCUT2D eigenvalue weighted by atomic mass is 16.5. The fourth-order valence-electron chi connectivity index (χ4n) is 1.91. The summed E-state index contributed by atoms with van der Waals surface area (Å²) in [5, 5.41) is 0. The number of methoxy groups -OCH3 is 1. The Morgan fingerprint density at radius 1 is 1.20 bits per heavy atom. The first-order chi connectivity index (χ1) is 9.79. The van der Waals surface area contributed by atoms with Crippen LogP contribution in [0, 0.1) is 0 Å². The Morgan fingerprint density at radius 3 is 2.55 bits per heavy atom. The summed E-state index contributed by atoms with van der Waals surface area (Å²) >= 11 is 0. The number of carbonyl (C=O) groups excluding carboxylic acids is 1. The number of hydrogen-bond acceptors (Lipinski definition) is 3. The number of ether oxygens (including phenoxy) is 2. The van der Waals surface area contributed by atoms with Gasteiger partial charge in [0.25, 0.3) is 0 Å². The third-order valence-corrected chi connectivity index (χ3v) is 3.08. The Bertz CT molecular complexity index is 485. The minimum Gasteiger partial charge on any atom is -0.497 e. The molecule has 0 unspecified atom stereocenters. The Kier molecular flexibility index (Phi) is 5.38. The predicted octanol–water partition coefficient (Wildman–Crippen LogP) is 2.12. The van der Waals surface area contributed by atoms with Crippen molar-refractivity contribution in [2.45, 2.75) is 0 Å². The van der Waals surface area contributed by atoms with Crippen LogP contribution in [0.25, 0.3) is 6.08 Å². The first kappa shape index (κ1) is 14.3. The van der Waals surface area contributed by atoms with Gasteiger partial charge in [-0.05, 0) is 17.7 Å². The molecule has 1 aromatic rings. The van der Waals surface area contributed by atoms with Crippen LogP contribution in [0.2, 0.25) is 0 Å². The van der Waals surface area contributed by atoms with E-state index in [1.165, 1.54) is 0 Å². The smallest absolute Gasteiger partial charge is 0.246 e.